The lowest BCUT2D eigenvalue weighted by Crippen LogP contribution is -2.12. The van der Waals surface area contributed by atoms with E-state index < -0.39 is 0 Å². The summed E-state index contributed by atoms with van der Waals surface area (Å²) in [6.07, 6.45) is 9.75. The maximum Gasteiger partial charge on any atom is 0.256 e. The third-order valence-corrected chi connectivity index (χ3v) is 6.02. The SMILES string of the molecule is O=C(CCCC1CCCC1)c1cccc(Nc2ccc(C(=O)Nc3ccccn3)cc2)c1. The first-order valence-electron chi connectivity index (χ1n) is 11.4. The molecule has 0 saturated heterocycles. The summed E-state index contributed by atoms with van der Waals surface area (Å²) in [4.78, 5) is 29.1. The van der Waals surface area contributed by atoms with Gasteiger partial charge in [-0.3, -0.25) is 9.59 Å². The van der Waals surface area contributed by atoms with Crippen LogP contribution in [0.15, 0.2) is 72.9 Å². The number of rotatable bonds is 9. The van der Waals surface area contributed by atoms with Crippen LogP contribution in [0.4, 0.5) is 17.2 Å². The molecule has 0 radical (unpaired) electrons. The van der Waals surface area contributed by atoms with Crippen molar-refractivity contribution in [2.75, 3.05) is 10.6 Å². The second-order valence-electron chi connectivity index (χ2n) is 8.42. The first-order valence-corrected chi connectivity index (χ1v) is 11.4. The summed E-state index contributed by atoms with van der Waals surface area (Å²) in [6, 6.07) is 20.2. The molecular weight excluding hydrogens is 398 g/mol. The first-order chi connectivity index (χ1) is 15.7. The molecule has 164 valence electrons. The molecule has 1 saturated carbocycles. The summed E-state index contributed by atoms with van der Waals surface area (Å²) in [7, 11) is 0. The van der Waals surface area contributed by atoms with Gasteiger partial charge in [-0.2, -0.15) is 0 Å². The van der Waals surface area contributed by atoms with Gasteiger partial charge in [0, 0.05) is 35.1 Å². The van der Waals surface area contributed by atoms with Gasteiger partial charge in [0.1, 0.15) is 5.82 Å². The van der Waals surface area contributed by atoms with E-state index in [1.807, 2.05) is 42.5 Å². The Morgan fingerprint density at radius 1 is 0.875 bits per heavy atom. The van der Waals surface area contributed by atoms with Crippen LogP contribution in [0.5, 0.6) is 0 Å². The predicted octanol–water partition coefficient (Wildman–Crippen LogP) is 6.62. The zero-order valence-electron chi connectivity index (χ0n) is 18.2. The van der Waals surface area contributed by atoms with E-state index in [0.29, 0.717) is 17.8 Å². The average Bonchev–Trinajstić information content (AvgIpc) is 3.34. The lowest BCUT2D eigenvalue weighted by Gasteiger charge is -2.10. The molecule has 4 rings (SSSR count). The molecule has 1 amide bonds. The van der Waals surface area contributed by atoms with Crippen molar-refractivity contribution in [3.05, 3.63) is 84.1 Å². The number of carbonyl (C=O) groups excluding carboxylic acids is 2. The lowest BCUT2D eigenvalue weighted by atomic mass is 9.98. The maximum atomic E-state index is 12.6. The van der Waals surface area contributed by atoms with Gasteiger partial charge in [0.2, 0.25) is 0 Å². The molecule has 0 unspecified atom stereocenters. The number of anilines is 3. The smallest absolute Gasteiger partial charge is 0.256 e. The average molecular weight is 428 g/mol. The second kappa shape index (κ2) is 10.7. The van der Waals surface area contributed by atoms with E-state index in [1.165, 1.54) is 32.1 Å². The Balaban J connectivity index is 1.31. The van der Waals surface area contributed by atoms with E-state index in [9.17, 15) is 9.59 Å². The van der Waals surface area contributed by atoms with E-state index in [1.54, 1.807) is 30.5 Å². The van der Waals surface area contributed by atoms with Crippen LogP contribution in [0.2, 0.25) is 0 Å². The molecule has 1 aliphatic rings. The Morgan fingerprint density at radius 3 is 2.44 bits per heavy atom. The molecular formula is C27H29N3O2. The van der Waals surface area contributed by atoms with Crippen LogP contribution < -0.4 is 10.6 Å². The topological polar surface area (TPSA) is 71.1 Å². The summed E-state index contributed by atoms with van der Waals surface area (Å²) in [5.74, 6) is 1.34. The molecule has 3 aromatic rings. The number of pyridine rings is 1. The molecule has 5 nitrogen and oxygen atoms in total. The minimum absolute atomic E-state index is 0.202. The van der Waals surface area contributed by atoms with Crippen molar-refractivity contribution < 1.29 is 9.59 Å². The summed E-state index contributed by atoms with van der Waals surface area (Å²) >= 11 is 0. The van der Waals surface area contributed by atoms with Gasteiger partial charge in [-0.1, -0.05) is 50.3 Å². The third kappa shape index (κ3) is 6.03. The minimum Gasteiger partial charge on any atom is -0.356 e. The van der Waals surface area contributed by atoms with E-state index in [0.717, 1.165) is 29.3 Å². The monoisotopic (exact) mass is 427 g/mol. The lowest BCUT2D eigenvalue weighted by molar-refractivity contribution is 0.0976. The predicted molar refractivity (Wildman–Crippen MR) is 128 cm³/mol. The molecule has 1 heterocycles. The molecule has 0 aliphatic heterocycles. The van der Waals surface area contributed by atoms with Crippen LogP contribution in [-0.2, 0) is 0 Å². The highest BCUT2D eigenvalue weighted by Gasteiger charge is 2.15. The quantitative estimate of drug-likeness (QED) is 0.376. The highest BCUT2D eigenvalue weighted by atomic mass is 16.1. The molecule has 5 heteroatoms. The third-order valence-electron chi connectivity index (χ3n) is 6.02. The molecule has 0 atom stereocenters. The Labute approximate surface area is 189 Å². The normalized spacial score (nSPS) is 13.6. The summed E-state index contributed by atoms with van der Waals surface area (Å²) in [6.45, 7) is 0. The van der Waals surface area contributed by atoms with Crippen LogP contribution in [0, 0.1) is 5.92 Å². The molecule has 32 heavy (non-hydrogen) atoms. The molecule has 1 fully saturated rings. The van der Waals surface area contributed by atoms with Crippen molar-refractivity contribution in [1.82, 2.24) is 4.98 Å². The number of hydrogen-bond acceptors (Lipinski definition) is 4. The Morgan fingerprint density at radius 2 is 1.69 bits per heavy atom. The molecule has 1 aliphatic carbocycles. The number of Topliss-reactive ketones (excluding diaryl/α,β-unsaturated/α-hetero) is 1. The molecule has 1 aromatic heterocycles. The second-order valence-corrected chi connectivity index (χ2v) is 8.42. The van der Waals surface area contributed by atoms with Crippen molar-refractivity contribution in [2.24, 2.45) is 5.92 Å². The summed E-state index contributed by atoms with van der Waals surface area (Å²) < 4.78 is 0. The Hall–Kier alpha value is -3.47. The standard InChI is InChI=1S/C27H29N3O2/c31-25(12-5-9-20-7-1-2-8-20)22-10-6-11-24(19-22)29-23-16-14-21(15-17-23)27(32)30-26-13-3-4-18-28-26/h3-4,6,10-11,13-20,29H,1-2,5,7-9,12H2,(H,28,30,32). The first kappa shape index (κ1) is 21.8. The van der Waals surface area contributed by atoms with Gasteiger partial charge in [0.15, 0.2) is 5.78 Å². The van der Waals surface area contributed by atoms with Gasteiger partial charge in [0.25, 0.3) is 5.91 Å². The Kier molecular flexibility index (Phi) is 7.28. The highest BCUT2D eigenvalue weighted by molar-refractivity contribution is 6.04. The van der Waals surface area contributed by atoms with E-state index in [4.69, 9.17) is 0 Å². The van der Waals surface area contributed by atoms with Crippen molar-refractivity contribution in [2.45, 2.75) is 44.9 Å². The molecule has 0 bridgehead atoms. The number of hydrogen-bond donors (Lipinski definition) is 2. The van der Waals surface area contributed by atoms with Gasteiger partial charge in [-0.05, 0) is 60.9 Å². The molecule has 0 spiro atoms. The summed E-state index contributed by atoms with van der Waals surface area (Å²) in [5.41, 5.74) is 3.00. The van der Waals surface area contributed by atoms with Crippen LogP contribution >= 0.6 is 0 Å². The maximum absolute atomic E-state index is 12.6. The van der Waals surface area contributed by atoms with Gasteiger partial charge < -0.3 is 10.6 Å². The number of nitrogens with one attached hydrogen (secondary N) is 2. The number of nitrogens with zero attached hydrogens (tertiary/aromatic N) is 1. The number of ketones is 1. The van der Waals surface area contributed by atoms with Gasteiger partial charge in [-0.25, -0.2) is 4.98 Å². The fourth-order valence-electron chi connectivity index (χ4n) is 4.26. The zero-order chi connectivity index (χ0) is 22.2. The molecule has 2 aromatic carbocycles. The zero-order valence-corrected chi connectivity index (χ0v) is 18.2. The summed E-state index contributed by atoms with van der Waals surface area (Å²) in [5, 5.41) is 6.09. The fraction of sp³-hybridized carbons (Fsp3) is 0.296. The van der Waals surface area contributed by atoms with Crippen molar-refractivity contribution >= 4 is 28.9 Å². The largest absolute Gasteiger partial charge is 0.356 e. The van der Waals surface area contributed by atoms with E-state index in [2.05, 4.69) is 15.6 Å². The van der Waals surface area contributed by atoms with Gasteiger partial charge in [0.05, 0.1) is 0 Å². The minimum atomic E-state index is -0.208. The van der Waals surface area contributed by atoms with E-state index >= 15 is 0 Å². The number of benzene rings is 2. The van der Waals surface area contributed by atoms with Crippen LogP contribution in [0.3, 0.4) is 0 Å². The van der Waals surface area contributed by atoms with Crippen LogP contribution in [0.25, 0.3) is 0 Å². The highest BCUT2D eigenvalue weighted by Crippen LogP contribution is 2.29. The van der Waals surface area contributed by atoms with Crippen LogP contribution in [0.1, 0.15) is 65.7 Å². The van der Waals surface area contributed by atoms with Gasteiger partial charge >= 0.3 is 0 Å². The van der Waals surface area contributed by atoms with Crippen molar-refractivity contribution in [3.63, 3.8) is 0 Å². The van der Waals surface area contributed by atoms with Gasteiger partial charge in [-0.15, -0.1) is 0 Å². The number of aromatic nitrogens is 1. The number of carbonyl (C=O) groups is 2. The molecule has 2 N–H and O–H groups in total. The van der Waals surface area contributed by atoms with E-state index in [-0.39, 0.29) is 11.7 Å². The van der Waals surface area contributed by atoms with Crippen LogP contribution in [-0.4, -0.2) is 16.7 Å². The fourth-order valence-corrected chi connectivity index (χ4v) is 4.26. The number of amides is 1. The van der Waals surface area contributed by atoms with Crippen molar-refractivity contribution in [1.29, 1.82) is 0 Å². The van der Waals surface area contributed by atoms with Crippen molar-refractivity contribution in [3.8, 4) is 0 Å². The Bertz CT molecular complexity index is 1040.